The molecule has 2 aromatic rings. The van der Waals surface area contributed by atoms with Crippen molar-refractivity contribution in [3.05, 3.63) is 69.7 Å². The van der Waals surface area contributed by atoms with Crippen molar-refractivity contribution >= 4 is 15.9 Å². The maximum atomic E-state index is 13.5. The molecule has 4 heteroatoms. The molecule has 0 aliphatic heterocycles. The molecule has 0 spiro atoms. The van der Waals surface area contributed by atoms with Gasteiger partial charge in [-0.25, -0.2) is 8.78 Å². The molecule has 0 saturated carbocycles. The summed E-state index contributed by atoms with van der Waals surface area (Å²) in [4.78, 5) is 0. The lowest BCUT2D eigenvalue weighted by Crippen LogP contribution is -2.02. The summed E-state index contributed by atoms with van der Waals surface area (Å²) in [5.41, 5.74) is 0.606. The summed E-state index contributed by atoms with van der Waals surface area (Å²) in [6.07, 6.45) is -1.10. The van der Waals surface area contributed by atoms with E-state index in [4.69, 9.17) is 0 Å². The molecule has 0 amide bonds. The van der Waals surface area contributed by atoms with Gasteiger partial charge in [-0.1, -0.05) is 24.3 Å². The predicted octanol–water partition coefficient (Wildman–Crippen LogP) is 3.81. The zero-order valence-electron chi connectivity index (χ0n) is 8.70. The van der Waals surface area contributed by atoms with E-state index in [1.807, 2.05) is 0 Å². The fraction of sp³-hybridized carbons (Fsp3) is 0.0769. The Bertz CT molecular complexity index is 543. The summed E-state index contributed by atoms with van der Waals surface area (Å²) in [6, 6.07) is 10.0. The van der Waals surface area contributed by atoms with E-state index in [9.17, 15) is 13.9 Å². The van der Waals surface area contributed by atoms with Crippen LogP contribution in [0.4, 0.5) is 8.78 Å². The van der Waals surface area contributed by atoms with E-state index in [1.165, 1.54) is 30.3 Å². The number of benzene rings is 2. The van der Waals surface area contributed by atoms with Gasteiger partial charge in [0.15, 0.2) is 0 Å². The molecule has 0 radical (unpaired) electrons. The summed E-state index contributed by atoms with van der Waals surface area (Å²) in [5.74, 6) is -0.907. The van der Waals surface area contributed by atoms with Crippen LogP contribution in [0.1, 0.15) is 17.2 Å². The highest BCUT2D eigenvalue weighted by atomic mass is 79.9. The summed E-state index contributed by atoms with van der Waals surface area (Å²) in [7, 11) is 0. The molecule has 1 N–H and O–H groups in total. The second kappa shape index (κ2) is 4.94. The van der Waals surface area contributed by atoms with Gasteiger partial charge in [0.05, 0.1) is 4.47 Å². The quantitative estimate of drug-likeness (QED) is 0.894. The summed E-state index contributed by atoms with van der Waals surface area (Å²) in [5, 5.41) is 10.0. The highest BCUT2D eigenvalue weighted by Gasteiger charge is 2.15. The van der Waals surface area contributed by atoms with Gasteiger partial charge in [0.25, 0.3) is 0 Å². The molecule has 1 unspecified atom stereocenters. The van der Waals surface area contributed by atoms with Crippen LogP contribution in [0.25, 0.3) is 0 Å². The van der Waals surface area contributed by atoms with Crippen LogP contribution < -0.4 is 0 Å². The van der Waals surface area contributed by atoms with Crippen molar-refractivity contribution in [1.29, 1.82) is 0 Å². The first-order valence-electron chi connectivity index (χ1n) is 4.97. The van der Waals surface area contributed by atoms with Crippen molar-refractivity contribution in [2.75, 3.05) is 0 Å². The summed E-state index contributed by atoms with van der Waals surface area (Å²) in [6.45, 7) is 0. The molecule has 0 bridgehead atoms. The molecule has 0 fully saturated rings. The maximum absolute atomic E-state index is 13.5. The predicted molar refractivity (Wildman–Crippen MR) is 64.6 cm³/mol. The Hall–Kier alpha value is -1.26. The lowest BCUT2D eigenvalue weighted by atomic mass is 10.0. The van der Waals surface area contributed by atoms with Crippen LogP contribution in [0, 0.1) is 11.6 Å². The van der Waals surface area contributed by atoms with Gasteiger partial charge in [0.2, 0.25) is 0 Å². The lowest BCUT2D eigenvalue weighted by Gasteiger charge is -2.12. The molecule has 1 nitrogen and oxygen atoms in total. The molecular weight excluding hydrogens is 290 g/mol. The zero-order chi connectivity index (χ0) is 12.4. The molecular formula is C13H9BrF2O. The van der Waals surface area contributed by atoms with E-state index in [0.29, 0.717) is 5.56 Å². The summed E-state index contributed by atoms with van der Waals surface area (Å²) >= 11 is 3.03. The van der Waals surface area contributed by atoms with Gasteiger partial charge in [0.1, 0.15) is 17.7 Å². The zero-order valence-corrected chi connectivity index (χ0v) is 10.3. The van der Waals surface area contributed by atoms with Crippen LogP contribution in [-0.4, -0.2) is 5.11 Å². The Morgan fingerprint density at radius 1 is 1.00 bits per heavy atom. The first kappa shape index (κ1) is 12.2. The monoisotopic (exact) mass is 298 g/mol. The van der Waals surface area contributed by atoms with Gasteiger partial charge in [-0.2, -0.15) is 0 Å². The molecule has 0 saturated heterocycles. The van der Waals surface area contributed by atoms with Crippen LogP contribution in [0.5, 0.6) is 0 Å². The highest BCUT2D eigenvalue weighted by Crippen LogP contribution is 2.27. The fourth-order valence-corrected chi connectivity index (χ4v) is 1.96. The molecule has 0 aromatic heterocycles. The molecule has 2 aromatic carbocycles. The van der Waals surface area contributed by atoms with Crippen molar-refractivity contribution in [2.45, 2.75) is 6.10 Å². The van der Waals surface area contributed by atoms with E-state index in [2.05, 4.69) is 15.9 Å². The number of rotatable bonds is 2. The Morgan fingerprint density at radius 2 is 1.71 bits per heavy atom. The lowest BCUT2D eigenvalue weighted by molar-refractivity contribution is 0.215. The van der Waals surface area contributed by atoms with Crippen LogP contribution in [0.3, 0.4) is 0 Å². The largest absolute Gasteiger partial charge is 0.384 e. The standard InChI is InChI=1S/C13H9BrF2O/c14-10-7-8(5-6-12(10)16)13(17)9-3-1-2-4-11(9)15/h1-7,13,17H. The Morgan fingerprint density at radius 3 is 2.35 bits per heavy atom. The number of halogens is 3. The van der Waals surface area contributed by atoms with Crippen LogP contribution >= 0.6 is 15.9 Å². The average molecular weight is 299 g/mol. The van der Waals surface area contributed by atoms with Gasteiger partial charge < -0.3 is 5.11 Å². The van der Waals surface area contributed by atoms with Crippen LogP contribution in [-0.2, 0) is 0 Å². The molecule has 0 heterocycles. The number of aliphatic hydroxyl groups excluding tert-OH is 1. The minimum Gasteiger partial charge on any atom is -0.384 e. The van der Waals surface area contributed by atoms with Crippen molar-refractivity contribution in [3.63, 3.8) is 0 Å². The molecule has 0 aliphatic rings. The smallest absolute Gasteiger partial charge is 0.137 e. The van der Waals surface area contributed by atoms with Gasteiger partial charge >= 0.3 is 0 Å². The van der Waals surface area contributed by atoms with Crippen molar-refractivity contribution < 1.29 is 13.9 Å². The maximum Gasteiger partial charge on any atom is 0.137 e. The Labute approximate surface area is 106 Å². The Kier molecular flexibility index (Phi) is 3.54. The van der Waals surface area contributed by atoms with Gasteiger partial charge in [-0.15, -0.1) is 0 Å². The highest BCUT2D eigenvalue weighted by molar-refractivity contribution is 9.10. The van der Waals surface area contributed by atoms with Crippen molar-refractivity contribution in [2.24, 2.45) is 0 Å². The topological polar surface area (TPSA) is 20.2 Å². The minimum atomic E-state index is -1.10. The third-order valence-corrected chi connectivity index (χ3v) is 3.07. The normalized spacial score (nSPS) is 12.5. The van der Waals surface area contributed by atoms with Gasteiger partial charge in [0, 0.05) is 5.56 Å². The van der Waals surface area contributed by atoms with E-state index in [1.54, 1.807) is 12.1 Å². The minimum absolute atomic E-state index is 0.172. The first-order valence-corrected chi connectivity index (χ1v) is 5.76. The van der Waals surface area contributed by atoms with Gasteiger partial charge in [-0.3, -0.25) is 0 Å². The van der Waals surface area contributed by atoms with Gasteiger partial charge in [-0.05, 0) is 39.7 Å². The summed E-state index contributed by atoms with van der Waals surface area (Å²) < 4.78 is 26.7. The van der Waals surface area contributed by atoms with Crippen molar-refractivity contribution in [3.8, 4) is 0 Å². The third kappa shape index (κ3) is 2.53. The second-order valence-corrected chi connectivity index (χ2v) is 4.45. The molecule has 1 atom stereocenters. The Balaban J connectivity index is 2.40. The fourth-order valence-electron chi connectivity index (χ4n) is 1.56. The van der Waals surface area contributed by atoms with E-state index < -0.39 is 17.7 Å². The number of hydrogen-bond acceptors (Lipinski definition) is 1. The molecule has 17 heavy (non-hydrogen) atoms. The molecule has 88 valence electrons. The first-order chi connectivity index (χ1) is 8.09. The van der Waals surface area contributed by atoms with Crippen LogP contribution in [0.15, 0.2) is 46.9 Å². The number of hydrogen-bond donors (Lipinski definition) is 1. The van der Waals surface area contributed by atoms with E-state index in [0.717, 1.165) is 0 Å². The molecule has 0 aliphatic carbocycles. The van der Waals surface area contributed by atoms with E-state index in [-0.39, 0.29) is 10.0 Å². The van der Waals surface area contributed by atoms with E-state index >= 15 is 0 Å². The third-order valence-electron chi connectivity index (χ3n) is 2.46. The van der Waals surface area contributed by atoms with Crippen LogP contribution in [0.2, 0.25) is 0 Å². The number of aliphatic hydroxyl groups is 1. The molecule has 2 rings (SSSR count). The second-order valence-electron chi connectivity index (χ2n) is 3.60. The SMILES string of the molecule is OC(c1ccc(F)c(Br)c1)c1ccccc1F. The van der Waals surface area contributed by atoms with Crippen molar-refractivity contribution in [1.82, 2.24) is 0 Å². The average Bonchev–Trinajstić information content (AvgIpc) is 2.32.